The van der Waals surface area contributed by atoms with Gasteiger partial charge >= 0.3 is 0 Å². The van der Waals surface area contributed by atoms with E-state index < -0.39 is 0 Å². The summed E-state index contributed by atoms with van der Waals surface area (Å²) in [5.74, 6) is 0. The van der Waals surface area contributed by atoms with Gasteiger partial charge in [-0.2, -0.15) is 0 Å². The Bertz CT molecular complexity index is 123. The molecular weight excluding hydrogens is 196 g/mol. The molecular formula is C15H32O. The van der Waals surface area contributed by atoms with Crippen molar-refractivity contribution in [2.45, 2.75) is 97.0 Å². The van der Waals surface area contributed by atoms with Crippen LogP contribution in [0.1, 0.15) is 90.9 Å². The molecule has 0 aromatic rings. The van der Waals surface area contributed by atoms with Gasteiger partial charge in [0.15, 0.2) is 0 Å². The van der Waals surface area contributed by atoms with Crippen LogP contribution in [0.3, 0.4) is 0 Å². The minimum Gasteiger partial charge on any atom is -0.393 e. The fraction of sp³-hybridized carbons (Fsp3) is 1.00. The van der Waals surface area contributed by atoms with Gasteiger partial charge < -0.3 is 5.11 Å². The van der Waals surface area contributed by atoms with Crippen LogP contribution in [0, 0.1) is 0 Å². The van der Waals surface area contributed by atoms with Crippen LogP contribution in [-0.4, -0.2) is 11.2 Å². The van der Waals surface area contributed by atoms with Crippen molar-refractivity contribution in [2.75, 3.05) is 0 Å². The Balaban J connectivity index is 2.93. The normalized spacial score (nSPS) is 12.9. The van der Waals surface area contributed by atoms with Crippen LogP contribution in [-0.2, 0) is 0 Å². The molecule has 0 saturated heterocycles. The molecule has 0 saturated carbocycles. The smallest absolute Gasteiger partial charge is 0.0537 e. The van der Waals surface area contributed by atoms with Gasteiger partial charge in [-0.05, 0) is 12.8 Å². The highest BCUT2D eigenvalue weighted by atomic mass is 16.3. The van der Waals surface area contributed by atoms with E-state index in [0.717, 1.165) is 12.8 Å². The number of hydrogen-bond donors (Lipinski definition) is 1. The summed E-state index contributed by atoms with van der Waals surface area (Å²) >= 11 is 0. The van der Waals surface area contributed by atoms with Gasteiger partial charge in [0.05, 0.1) is 6.10 Å². The highest BCUT2D eigenvalue weighted by Gasteiger charge is 1.99. The van der Waals surface area contributed by atoms with Gasteiger partial charge in [-0.25, -0.2) is 0 Å². The first-order valence-electron chi connectivity index (χ1n) is 7.49. The van der Waals surface area contributed by atoms with Gasteiger partial charge in [-0.1, -0.05) is 78.1 Å². The van der Waals surface area contributed by atoms with Crippen molar-refractivity contribution in [3.05, 3.63) is 0 Å². The summed E-state index contributed by atoms with van der Waals surface area (Å²) in [5, 5.41) is 9.38. The summed E-state index contributed by atoms with van der Waals surface area (Å²) in [6.07, 6.45) is 15.6. The summed E-state index contributed by atoms with van der Waals surface area (Å²) in [7, 11) is 0. The molecule has 1 heteroatoms. The number of rotatable bonds is 12. The Labute approximate surface area is 103 Å². The third-order valence-electron chi connectivity index (χ3n) is 3.36. The van der Waals surface area contributed by atoms with Gasteiger partial charge in [0.2, 0.25) is 0 Å². The molecule has 1 nitrogen and oxygen atoms in total. The minimum atomic E-state index is -0.0472. The number of aliphatic hydroxyl groups excluding tert-OH is 1. The Morgan fingerprint density at radius 3 is 1.56 bits per heavy atom. The molecule has 16 heavy (non-hydrogen) atoms. The topological polar surface area (TPSA) is 20.2 Å². The molecule has 0 rings (SSSR count). The first-order valence-corrected chi connectivity index (χ1v) is 7.49. The average Bonchev–Trinajstić information content (AvgIpc) is 2.31. The quantitative estimate of drug-likeness (QED) is 0.462. The van der Waals surface area contributed by atoms with Gasteiger partial charge in [-0.3, -0.25) is 0 Å². The Morgan fingerprint density at radius 1 is 0.688 bits per heavy atom. The van der Waals surface area contributed by atoms with Crippen LogP contribution in [0.15, 0.2) is 0 Å². The molecule has 1 N–H and O–H groups in total. The summed E-state index contributed by atoms with van der Waals surface area (Å²) in [6, 6.07) is 0. The molecule has 0 aliphatic rings. The van der Waals surface area contributed by atoms with Crippen molar-refractivity contribution in [3.63, 3.8) is 0 Å². The molecule has 0 spiro atoms. The van der Waals surface area contributed by atoms with Crippen LogP contribution in [0.5, 0.6) is 0 Å². The first-order chi connectivity index (χ1) is 7.81. The molecule has 98 valence electrons. The van der Waals surface area contributed by atoms with E-state index in [0.29, 0.717) is 0 Å². The molecule has 0 fully saturated rings. The number of aliphatic hydroxyl groups is 1. The monoisotopic (exact) mass is 228 g/mol. The Kier molecular flexibility index (Phi) is 13.0. The number of unbranched alkanes of at least 4 members (excludes halogenated alkanes) is 9. The van der Waals surface area contributed by atoms with E-state index >= 15 is 0 Å². The SMILES string of the molecule is CCCCCCCCCCCC[C@@H](O)CC. The third-order valence-corrected chi connectivity index (χ3v) is 3.36. The van der Waals surface area contributed by atoms with Crippen molar-refractivity contribution in [1.82, 2.24) is 0 Å². The summed E-state index contributed by atoms with van der Waals surface area (Å²) in [5.41, 5.74) is 0. The second-order valence-corrected chi connectivity index (χ2v) is 5.03. The second kappa shape index (κ2) is 13.0. The van der Waals surface area contributed by atoms with Gasteiger partial charge in [0.1, 0.15) is 0 Å². The van der Waals surface area contributed by atoms with Crippen LogP contribution in [0.2, 0.25) is 0 Å². The lowest BCUT2D eigenvalue weighted by molar-refractivity contribution is 0.156. The van der Waals surface area contributed by atoms with Crippen molar-refractivity contribution in [1.29, 1.82) is 0 Å². The van der Waals surface area contributed by atoms with Crippen molar-refractivity contribution in [3.8, 4) is 0 Å². The minimum absolute atomic E-state index is 0.0472. The van der Waals surface area contributed by atoms with Crippen LogP contribution >= 0.6 is 0 Å². The molecule has 0 bridgehead atoms. The lowest BCUT2D eigenvalue weighted by atomic mass is 10.0. The lowest BCUT2D eigenvalue weighted by Gasteiger charge is -2.06. The summed E-state index contributed by atoms with van der Waals surface area (Å²) < 4.78 is 0. The zero-order valence-corrected chi connectivity index (χ0v) is 11.5. The highest BCUT2D eigenvalue weighted by Crippen LogP contribution is 2.12. The first kappa shape index (κ1) is 16.0. The van der Waals surface area contributed by atoms with E-state index in [-0.39, 0.29) is 6.10 Å². The Morgan fingerprint density at radius 2 is 1.12 bits per heavy atom. The maximum absolute atomic E-state index is 9.38. The number of hydrogen-bond acceptors (Lipinski definition) is 1. The zero-order valence-electron chi connectivity index (χ0n) is 11.5. The second-order valence-electron chi connectivity index (χ2n) is 5.03. The molecule has 0 aromatic heterocycles. The van der Waals surface area contributed by atoms with E-state index in [1.54, 1.807) is 0 Å². The summed E-state index contributed by atoms with van der Waals surface area (Å²) in [4.78, 5) is 0. The van der Waals surface area contributed by atoms with Crippen molar-refractivity contribution < 1.29 is 5.11 Å². The van der Waals surface area contributed by atoms with Crippen LogP contribution < -0.4 is 0 Å². The van der Waals surface area contributed by atoms with E-state index in [4.69, 9.17) is 0 Å². The third kappa shape index (κ3) is 12.0. The van der Waals surface area contributed by atoms with Gasteiger partial charge in [0.25, 0.3) is 0 Å². The standard InChI is InChI=1S/C15H32O/c1-3-5-6-7-8-9-10-11-12-13-14-15(16)4-2/h15-16H,3-14H2,1-2H3/t15-/m0/s1. The predicted molar refractivity (Wildman–Crippen MR) is 72.8 cm³/mol. The maximum Gasteiger partial charge on any atom is 0.0537 e. The largest absolute Gasteiger partial charge is 0.393 e. The van der Waals surface area contributed by atoms with Crippen LogP contribution in [0.4, 0.5) is 0 Å². The Hall–Kier alpha value is -0.0400. The highest BCUT2D eigenvalue weighted by molar-refractivity contribution is 4.53. The van der Waals surface area contributed by atoms with Gasteiger partial charge in [0, 0.05) is 0 Å². The van der Waals surface area contributed by atoms with Crippen LogP contribution in [0.25, 0.3) is 0 Å². The molecule has 0 unspecified atom stereocenters. The van der Waals surface area contributed by atoms with E-state index in [1.807, 2.05) is 0 Å². The van der Waals surface area contributed by atoms with E-state index in [2.05, 4.69) is 13.8 Å². The molecule has 0 amide bonds. The molecule has 0 aliphatic carbocycles. The van der Waals surface area contributed by atoms with Gasteiger partial charge in [-0.15, -0.1) is 0 Å². The van der Waals surface area contributed by atoms with Crippen molar-refractivity contribution >= 4 is 0 Å². The lowest BCUT2D eigenvalue weighted by Crippen LogP contribution is -2.03. The maximum atomic E-state index is 9.38. The molecule has 0 aliphatic heterocycles. The molecule has 1 atom stereocenters. The fourth-order valence-corrected chi connectivity index (χ4v) is 2.07. The molecule has 0 radical (unpaired) electrons. The zero-order chi connectivity index (χ0) is 12.1. The van der Waals surface area contributed by atoms with E-state index in [1.165, 1.54) is 64.2 Å². The average molecular weight is 228 g/mol. The summed E-state index contributed by atoms with van der Waals surface area (Å²) in [6.45, 7) is 4.33. The van der Waals surface area contributed by atoms with E-state index in [9.17, 15) is 5.11 Å². The molecule has 0 aromatic carbocycles. The molecule has 0 heterocycles. The fourth-order valence-electron chi connectivity index (χ4n) is 2.07. The predicted octanol–water partition coefficient (Wildman–Crippen LogP) is 5.07. The van der Waals surface area contributed by atoms with Crippen molar-refractivity contribution in [2.24, 2.45) is 0 Å².